The molecule has 0 radical (unpaired) electrons. The summed E-state index contributed by atoms with van der Waals surface area (Å²) in [5, 5.41) is 0.691. The van der Waals surface area contributed by atoms with Crippen LogP contribution in [0.3, 0.4) is 0 Å². The molecule has 3 aromatic rings. The van der Waals surface area contributed by atoms with Crippen LogP contribution in [0.25, 0.3) is 11.3 Å². The molecule has 1 fully saturated rings. The molecule has 6 nitrogen and oxygen atoms in total. The molecule has 1 aromatic carbocycles. The van der Waals surface area contributed by atoms with Gasteiger partial charge in [0.15, 0.2) is 5.76 Å². The van der Waals surface area contributed by atoms with Crippen LogP contribution in [0.5, 0.6) is 0 Å². The van der Waals surface area contributed by atoms with E-state index >= 15 is 0 Å². The molecule has 1 amide bonds. The summed E-state index contributed by atoms with van der Waals surface area (Å²) in [5.41, 5.74) is 1.54. The Morgan fingerprint density at radius 2 is 1.88 bits per heavy atom. The highest BCUT2D eigenvalue weighted by atomic mass is 35.5. The molecule has 7 heteroatoms. The number of piperazine rings is 1. The maximum absolute atomic E-state index is 12.3. The third-order valence-electron chi connectivity index (χ3n) is 4.47. The summed E-state index contributed by atoms with van der Waals surface area (Å²) in [4.78, 5) is 20.8. The lowest BCUT2D eigenvalue weighted by atomic mass is 10.2. The summed E-state index contributed by atoms with van der Waals surface area (Å²) < 4.78 is 10.8. The standard InChI is InChI=1S/C19H18ClN3O3/c20-16-3-1-14(2-4-16)17-11-21-18(26-17)12-22-6-8-23(9-7-22)19(24)15-5-10-25-13-15/h1-5,10-11,13H,6-9,12H2. The van der Waals surface area contributed by atoms with Crippen LogP contribution in [0.4, 0.5) is 0 Å². The minimum Gasteiger partial charge on any atom is -0.472 e. The van der Waals surface area contributed by atoms with Crippen molar-refractivity contribution in [1.82, 2.24) is 14.8 Å². The minimum absolute atomic E-state index is 0.0135. The first kappa shape index (κ1) is 16.9. The lowest BCUT2D eigenvalue weighted by Crippen LogP contribution is -2.48. The fraction of sp³-hybridized carbons (Fsp3) is 0.263. The Labute approximate surface area is 156 Å². The van der Waals surface area contributed by atoms with Crippen LogP contribution in [0.1, 0.15) is 16.2 Å². The molecule has 0 spiro atoms. The topological polar surface area (TPSA) is 62.7 Å². The molecule has 0 aliphatic carbocycles. The Bertz CT molecular complexity index is 866. The molecule has 26 heavy (non-hydrogen) atoms. The Morgan fingerprint density at radius 1 is 1.12 bits per heavy atom. The summed E-state index contributed by atoms with van der Waals surface area (Å²) in [7, 11) is 0. The number of hydrogen-bond donors (Lipinski definition) is 0. The van der Waals surface area contributed by atoms with Crippen LogP contribution in [-0.4, -0.2) is 46.9 Å². The fourth-order valence-corrected chi connectivity index (χ4v) is 3.13. The van der Waals surface area contributed by atoms with Gasteiger partial charge in [0.25, 0.3) is 5.91 Å². The zero-order chi connectivity index (χ0) is 17.9. The Kier molecular flexibility index (Phi) is 4.77. The molecule has 1 saturated heterocycles. The monoisotopic (exact) mass is 371 g/mol. The number of carbonyl (C=O) groups is 1. The van der Waals surface area contributed by atoms with Gasteiger partial charge >= 0.3 is 0 Å². The van der Waals surface area contributed by atoms with E-state index in [0.717, 1.165) is 24.4 Å². The van der Waals surface area contributed by atoms with Gasteiger partial charge in [0.2, 0.25) is 5.89 Å². The maximum atomic E-state index is 12.3. The van der Waals surface area contributed by atoms with Crippen molar-refractivity contribution < 1.29 is 13.6 Å². The molecule has 2 aromatic heterocycles. The van der Waals surface area contributed by atoms with Gasteiger partial charge in [0, 0.05) is 36.8 Å². The lowest BCUT2D eigenvalue weighted by molar-refractivity contribution is 0.0617. The van der Waals surface area contributed by atoms with Gasteiger partial charge in [-0.2, -0.15) is 0 Å². The first-order valence-electron chi connectivity index (χ1n) is 8.43. The number of nitrogens with zero attached hydrogens (tertiary/aromatic N) is 3. The van der Waals surface area contributed by atoms with E-state index in [9.17, 15) is 4.79 Å². The quantitative estimate of drug-likeness (QED) is 0.701. The summed E-state index contributed by atoms with van der Waals surface area (Å²) in [6, 6.07) is 9.17. The fourth-order valence-electron chi connectivity index (χ4n) is 3.00. The number of carbonyl (C=O) groups excluding carboxylic acids is 1. The summed E-state index contributed by atoms with van der Waals surface area (Å²) in [6.07, 6.45) is 4.74. The molecule has 0 bridgehead atoms. The van der Waals surface area contributed by atoms with Gasteiger partial charge in [-0.25, -0.2) is 4.98 Å². The number of amides is 1. The molecule has 1 aliphatic rings. The Morgan fingerprint density at radius 3 is 2.58 bits per heavy atom. The first-order chi connectivity index (χ1) is 12.7. The minimum atomic E-state index is 0.0135. The summed E-state index contributed by atoms with van der Waals surface area (Å²) in [6.45, 7) is 3.54. The second-order valence-electron chi connectivity index (χ2n) is 6.21. The van der Waals surface area contributed by atoms with Gasteiger partial charge in [0.1, 0.15) is 6.26 Å². The van der Waals surface area contributed by atoms with E-state index < -0.39 is 0 Å². The summed E-state index contributed by atoms with van der Waals surface area (Å²) in [5.74, 6) is 1.41. The number of hydrogen-bond acceptors (Lipinski definition) is 5. The van der Waals surface area contributed by atoms with Crippen molar-refractivity contribution >= 4 is 17.5 Å². The maximum Gasteiger partial charge on any atom is 0.257 e. The molecular weight excluding hydrogens is 354 g/mol. The molecule has 0 atom stereocenters. The van der Waals surface area contributed by atoms with E-state index in [0.29, 0.717) is 36.1 Å². The predicted molar refractivity (Wildman–Crippen MR) is 96.8 cm³/mol. The van der Waals surface area contributed by atoms with Gasteiger partial charge in [0.05, 0.1) is 24.6 Å². The molecular formula is C19H18ClN3O3. The highest BCUT2D eigenvalue weighted by Crippen LogP contribution is 2.23. The third-order valence-corrected chi connectivity index (χ3v) is 4.72. The van der Waals surface area contributed by atoms with E-state index in [2.05, 4.69) is 9.88 Å². The van der Waals surface area contributed by atoms with Crippen LogP contribution in [0, 0.1) is 0 Å². The highest BCUT2D eigenvalue weighted by Gasteiger charge is 2.23. The molecule has 1 aliphatic heterocycles. The number of oxazole rings is 1. The van der Waals surface area contributed by atoms with Gasteiger partial charge in [-0.1, -0.05) is 11.6 Å². The third kappa shape index (κ3) is 3.66. The van der Waals surface area contributed by atoms with Crippen molar-refractivity contribution in [3.8, 4) is 11.3 Å². The second kappa shape index (κ2) is 7.35. The van der Waals surface area contributed by atoms with E-state index in [4.69, 9.17) is 20.4 Å². The van der Waals surface area contributed by atoms with Crippen molar-refractivity contribution in [2.45, 2.75) is 6.54 Å². The predicted octanol–water partition coefficient (Wildman–Crippen LogP) is 3.55. The van der Waals surface area contributed by atoms with Crippen molar-refractivity contribution in [2.24, 2.45) is 0 Å². The largest absolute Gasteiger partial charge is 0.472 e. The van der Waals surface area contributed by atoms with Crippen LogP contribution in [-0.2, 0) is 6.54 Å². The number of halogens is 1. The van der Waals surface area contributed by atoms with Crippen molar-refractivity contribution in [3.05, 3.63) is 65.5 Å². The molecule has 0 saturated carbocycles. The first-order valence-corrected chi connectivity index (χ1v) is 8.81. The van der Waals surface area contributed by atoms with Crippen molar-refractivity contribution in [2.75, 3.05) is 26.2 Å². The molecule has 0 N–H and O–H groups in total. The van der Waals surface area contributed by atoms with E-state index in [1.807, 2.05) is 29.2 Å². The van der Waals surface area contributed by atoms with Gasteiger partial charge < -0.3 is 13.7 Å². The zero-order valence-electron chi connectivity index (χ0n) is 14.1. The second-order valence-corrected chi connectivity index (χ2v) is 6.64. The number of rotatable bonds is 4. The number of furan rings is 1. The molecule has 4 rings (SSSR count). The zero-order valence-corrected chi connectivity index (χ0v) is 14.9. The normalized spacial score (nSPS) is 15.3. The van der Waals surface area contributed by atoms with E-state index in [-0.39, 0.29) is 5.91 Å². The van der Waals surface area contributed by atoms with Crippen LogP contribution < -0.4 is 0 Å². The summed E-state index contributed by atoms with van der Waals surface area (Å²) >= 11 is 5.91. The van der Waals surface area contributed by atoms with Gasteiger partial charge in [-0.3, -0.25) is 9.69 Å². The number of benzene rings is 1. The molecule has 134 valence electrons. The van der Waals surface area contributed by atoms with Crippen molar-refractivity contribution in [1.29, 1.82) is 0 Å². The average molecular weight is 372 g/mol. The lowest BCUT2D eigenvalue weighted by Gasteiger charge is -2.33. The van der Waals surface area contributed by atoms with E-state index in [1.165, 1.54) is 12.5 Å². The SMILES string of the molecule is O=C(c1ccoc1)N1CCN(Cc2ncc(-c3ccc(Cl)cc3)o2)CC1. The van der Waals surface area contributed by atoms with Crippen LogP contribution in [0.15, 0.2) is 57.9 Å². The van der Waals surface area contributed by atoms with Crippen LogP contribution >= 0.6 is 11.6 Å². The smallest absolute Gasteiger partial charge is 0.257 e. The molecule has 3 heterocycles. The number of aromatic nitrogens is 1. The van der Waals surface area contributed by atoms with E-state index in [1.54, 1.807) is 12.3 Å². The Hall–Kier alpha value is -2.57. The van der Waals surface area contributed by atoms with Gasteiger partial charge in [-0.05, 0) is 30.3 Å². The molecule has 0 unspecified atom stereocenters. The average Bonchev–Trinajstić information content (AvgIpc) is 3.35. The highest BCUT2D eigenvalue weighted by molar-refractivity contribution is 6.30. The van der Waals surface area contributed by atoms with Crippen LogP contribution in [0.2, 0.25) is 5.02 Å². The Balaban J connectivity index is 1.33. The van der Waals surface area contributed by atoms with Gasteiger partial charge in [-0.15, -0.1) is 0 Å². The van der Waals surface area contributed by atoms with Crippen molar-refractivity contribution in [3.63, 3.8) is 0 Å².